The maximum absolute atomic E-state index is 11.9. The van der Waals surface area contributed by atoms with Crippen molar-refractivity contribution in [2.75, 3.05) is 20.0 Å². The molecule has 0 fully saturated rings. The molecule has 0 aromatic heterocycles. The van der Waals surface area contributed by atoms with Crippen LogP contribution in [0.25, 0.3) is 10.8 Å². The highest BCUT2D eigenvalue weighted by Gasteiger charge is 2.14. The molecule has 1 unspecified atom stereocenters. The lowest BCUT2D eigenvalue weighted by molar-refractivity contribution is -0.136. The third-order valence-electron chi connectivity index (χ3n) is 4.41. The number of aliphatic carboxylic acids is 1. The Morgan fingerprint density at radius 3 is 2.24 bits per heavy atom. The zero-order valence-corrected chi connectivity index (χ0v) is 17.2. The first-order valence-electron chi connectivity index (χ1n) is 9.02. The number of rotatable bonds is 8. The van der Waals surface area contributed by atoms with Crippen molar-refractivity contribution in [1.29, 1.82) is 0 Å². The summed E-state index contributed by atoms with van der Waals surface area (Å²) in [5, 5.41) is 10.7. The number of benzene rings is 3. The summed E-state index contributed by atoms with van der Waals surface area (Å²) in [6.45, 7) is 1.86. The Morgan fingerprint density at radius 1 is 1.00 bits per heavy atom. The molecule has 1 N–H and O–H groups in total. The van der Waals surface area contributed by atoms with E-state index in [1.807, 2.05) is 6.92 Å². The Balaban J connectivity index is 2.07. The summed E-state index contributed by atoms with van der Waals surface area (Å²) in [5.74, 6) is 1.77. The van der Waals surface area contributed by atoms with Gasteiger partial charge in [0.05, 0.1) is 20.6 Å². The largest absolute Gasteiger partial charge is 0.611 e. The molecule has 0 radical (unpaired) electrons. The molecule has 29 heavy (non-hydrogen) atoms. The molecule has 0 aliphatic heterocycles. The van der Waals surface area contributed by atoms with Crippen molar-refractivity contribution in [2.24, 2.45) is 0 Å². The van der Waals surface area contributed by atoms with E-state index in [9.17, 15) is 14.5 Å². The van der Waals surface area contributed by atoms with Gasteiger partial charge in [-0.3, -0.25) is 4.79 Å². The molecule has 3 rings (SSSR count). The fourth-order valence-electron chi connectivity index (χ4n) is 3.03. The molecule has 0 spiro atoms. The predicted octanol–water partition coefficient (Wildman–Crippen LogP) is 4.40. The van der Waals surface area contributed by atoms with Crippen molar-refractivity contribution in [3.63, 3.8) is 0 Å². The van der Waals surface area contributed by atoms with Crippen LogP contribution in [-0.2, 0) is 22.4 Å². The van der Waals surface area contributed by atoms with Gasteiger partial charge in [-0.15, -0.1) is 0 Å². The van der Waals surface area contributed by atoms with Crippen molar-refractivity contribution in [1.82, 2.24) is 0 Å². The zero-order chi connectivity index (χ0) is 21.0. The van der Waals surface area contributed by atoms with Crippen LogP contribution in [0.1, 0.15) is 12.5 Å². The molecule has 3 aromatic carbocycles. The molecule has 0 saturated carbocycles. The quantitative estimate of drug-likeness (QED) is 0.550. The summed E-state index contributed by atoms with van der Waals surface area (Å²) in [6.07, 6.45) is -0.130. The van der Waals surface area contributed by atoms with E-state index in [0.717, 1.165) is 15.7 Å². The highest BCUT2D eigenvalue weighted by Crippen LogP contribution is 2.39. The Labute approximate surface area is 172 Å². The minimum atomic E-state index is -1.04. The Morgan fingerprint density at radius 2 is 1.66 bits per heavy atom. The molecule has 152 valence electrons. The standard InChI is InChI=1S/C22H22O6S/c1-4-29(25)17-7-5-16(6-8-17)28-19-10-14(11-22(23)24)9-15-12-20(26-2)21(27-3)13-18(15)19/h5-10,12-13H,4,11H2,1-3H3,(H,23,24). The second-order valence-electron chi connectivity index (χ2n) is 6.30. The number of carboxylic acid groups (broad SMARTS) is 1. The van der Waals surface area contributed by atoms with E-state index in [2.05, 4.69) is 0 Å². The van der Waals surface area contributed by atoms with Gasteiger partial charge in [-0.2, -0.15) is 0 Å². The van der Waals surface area contributed by atoms with Crippen LogP contribution in [0.5, 0.6) is 23.0 Å². The third kappa shape index (κ3) is 4.75. The van der Waals surface area contributed by atoms with Crippen molar-refractivity contribution < 1.29 is 28.7 Å². The van der Waals surface area contributed by atoms with Crippen molar-refractivity contribution >= 4 is 27.9 Å². The van der Waals surface area contributed by atoms with Crippen LogP contribution in [0.4, 0.5) is 0 Å². The van der Waals surface area contributed by atoms with Crippen LogP contribution < -0.4 is 14.2 Å². The lowest BCUT2D eigenvalue weighted by atomic mass is 10.0. The maximum Gasteiger partial charge on any atom is 0.307 e. The fraction of sp³-hybridized carbons (Fsp3) is 0.227. The van der Waals surface area contributed by atoms with Gasteiger partial charge in [-0.1, -0.05) is 6.07 Å². The monoisotopic (exact) mass is 414 g/mol. The van der Waals surface area contributed by atoms with Crippen LogP contribution in [0.3, 0.4) is 0 Å². The summed E-state index contributed by atoms with van der Waals surface area (Å²) in [4.78, 5) is 11.9. The lowest BCUT2D eigenvalue weighted by Gasteiger charge is -2.15. The second kappa shape index (κ2) is 9.07. The van der Waals surface area contributed by atoms with Gasteiger partial charge in [-0.25, -0.2) is 0 Å². The van der Waals surface area contributed by atoms with Gasteiger partial charge in [0.2, 0.25) is 0 Å². The number of ether oxygens (including phenoxy) is 3. The van der Waals surface area contributed by atoms with E-state index >= 15 is 0 Å². The minimum Gasteiger partial charge on any atom is -0.611 e. The van der Waals surface area contributed by atoms with Gasteiger partial charge in [-0.05, 0) is 71.5 Å². The van der Waals surface area contributed by atoms with E-state index < -0.39 is 17.1 Å². The van der Waals surface area contributed by atoms with Gasteiger partial charge in [0.25, 0.3) is 0 Å². The van der Waals surface area contributed by atoms with Crippen LogP contribution in [0, 0.1) is 0 Å². The average molecular weight is 414 g/mol. The van der Waals surface area contributed by atoms with Gasteiger partial charge in [0, 0.05) is 5.39 Å². The summed E-state index contributed by atoms with van der Waals surface area (Å²) >= 11 is -1.04. The first kappa shape index (κ1) is 20.8. The minimum absolute atomic E-state index is 0.130. The maximum atomic E-state index is 11.9. The van der Waals surface area contributed by atoms with Crippen LogP contribution in [0.2, 0.25) is 0 Å². The van der Waals surface area contributed by atoms with Crippen molar-refractivity contribution in [3.05, 3.63) is 54.1 Å². The molecular formula is C22H22O6S. The molecule has 0 amide bonds. The summed E-state index contributed by atoms with van der Waals surface area (Å²) in [7, 11) is 3.10. The molecule has 6 nitrogen and oxygen atoms in total. The number of fused-ring (bicyclic) bond motifs is 1. The summed E-state index contributed by atoms with van der Waals surface area (Å²) in [6, 6.07) is 14.1. The number of hydrogen-bond acceptors (Lipinski definition) is 5. The Hall–Kier alpha value is -2.90. The summed E-state index contributed by atoms with van der Waals surface area (Å²) in [5.41, 5.74) is 0.607. The zero-order valence-electron chi connectivity index (χ0n) is 16.4. The molecule has 1 atom stereocenters. The molecule has 7 heteroatoms. The van der Waals surface area contributed by atoms with Crippen LogP contribution in [-0.4, -0.2) is 35.6 Å². The van der Waals surface area contributed by atoms with Gasteiger partial charge >= 0.3 is 5.97 Å². The number of carboxylic acids is 1. The Bertz CT molecular complexity index is 1020. The number of methoxy groups -OCH3 is 2. The molecule has 3 aromatic rings. The van der Waals surface area contributed by atoms with E-state index in [0.29, 0.717) is 34.3 Å². The lowest BCUT2D eigenvalue weighted by Crippen LogP contribution is -2.03. The predicted molar refractivity (Wildman–Crippen MR) is 112 cm³/mol. The molecule has 0 aliphatic rings. The normalized spacial score (nSPS) is 11.9. The molecule has 0 aliphatic carbocycles. The highest BCUT2D eigenvalue weighted by atomic mass is 32.2. The van der Waals surface area contributed by atoms with E-state index in [1.165, 1.54) is 0 Å². The fourth-order valence-corrected chi connectivity index (χ4v) is 3.80. The van der Waals surface area contributed by atoms with E-state index in [-0.39, 0.29) is 6.42 Å². The van der Waals surface area contributed by atoms with Crippen LogP contribution in [0.15, 0.2) is 53.4 Å². The van der Waals surface area contributed by atoms with Crippen LogP contribution >= 0.6 is 0 Å². The molecule has 0 bridgehead atoms. The van der Waals surface area contributed by atoms with Crippen molar-refractivity contribution in [2.45, 2.75) is 18.2 Å². The van der Waals surface area contributed by atoms with Gasteiger partial charge in [0.15, 0.2) is 16.4 Å². The number of hydrogen-bond donors (Lipinski definition) is 1. The highest BCUT2D eigenvalue weighted by molar-refractivity contribution is 7.91. The summed E-state index contributed by atoms with van der Waals surface area (Å²) < 4.78 is 28.7. The molecular weight excluding hydrogens is 392 g/mol. The van der Waals surface area contributed by atoms with E-state index in [1.54, 1.807) is 62.8 Å². The first-order valence-corrected chi connectivity index (χ1v) is 10.3. The van der Waals surface area contributed by atoms with Gasteiger partial charge in [0.1, 0.15) is 17.3 Å². The SMILES string of the molecule is CC[S+]([O-])c1ccc(Oc2cc(CC(=O)O)cc3cc(OC)c(OC)cc23)cc1. The Kier molecular flexibility index (Phi) is 6.51. The smallest absolute Gasteiger partial charge is 0.307 e. The first-order chi connectivity index (χ1) is 13.9. The van der Waals surface area contributed by atoms with Crippen molar-refractivity contribution in [3.8, 4) is 23.0 Å². The number of carbonyl (C=O) groups is 1. The van der Waals surface area contributed by atoms with E-state index in [4.69, 9.17) is 14.2 Å². The topological polar surface area (TPSA) is 88.1 Å². The molecule has 0 saturated heterocycles. The second-order valence-corrected chi connectivity index (χ2v) is 8.04. The average Bonchev–Trinajstić information content (AvgIpc) is 2.72. The third-order valence-corrected chi connectivity index (χ3v) is 5.73. The van der Waals surface area contributed by atoms with Gasteiger partial charge < -0.3 is 23.9 Å². The molecule has 0 heterocycles.